The lowest BCUT2D eigenvalue weighted by atomic mass is 9.97. The van der Waals surface area contributed by atoms with Crippen LogP contribution < -0.4 is 10.3 Å². The van der Waals surface area contributed by atoms with Crippen molar-refractivity contribution in [2.45, 2.75) is 26.8 Å². The molecule has 33 heavy (non-hydrogen) atoms. The van der Waals surface area contributed by atoms with Crippen LogP contribution in [0.25, 0.3) is 11.0 Å². The van der Waals surface area contributed by atoms with E-state index < -0.39 is 16.9 Å². The van der Waals surface area contributed by atoms with Crippen LogP contribution in [-0.2, 0) is 0 Å². The van der Waals surface area contributed by atoms with E-state index >= 15 is 0 Å². The predicted octanol–water partition coefficient (Wildman–Crippen LogP) is 4.77. The summed E-state index contributed by atoms with van der Waals surface area (Å²) in [6, 6.07) is 13.7. The van der Waals surface area contributed by atoms with Gasteiger partial charge in [-0.2, -0.15) is 0 Å². The third-order valence-electron chi connectivity index (χ3n) is 6.00. The summed E-state index contributed by atoms with van der Waals surface area (Å²) in [5.74, 6) is -0.258. The van der Waals surface area contributed by atoms with Gasteiger partial charge in [0.15, 0.2) is 5.43 Å². The van der Waals surface area contributed by atoms with Gasteiger partial charge in [-0.05, 0) is 61.7 Å². The van der Waals surface area contributed by atoms with Gasteiger partial charge in [-0.3, -0.25) is 24.6 Å². The zero-order chi connectivity index (χ0) is 23.4. The van der Waals surface area contributed by atoms with Gasteiger partial charge in [0.25, 0.3) is 11.6 Å². The summed E-state index contributed by atoms with van der Waals surface area (Å²) in [6.45, 7) is 5.59. The number of nitro benzene ring substituents is 1. The number of fused-ring (bicyclic) bond motifs is 2. The van der Waals surface area contributed by atoms with Crippen LogP contribution in [0, 0.1) is 30.9 Å². The van der Waals surface area contributed by atoms with Gasteiger partial charge in [0.2, 0.25) is 5.76 Å². The SMILES string of the molecule is Cc1cccc(N2C(=O)c3oc4cc(C)c(C)cc4c(=O)c3C2c2cccc([N+](=O)[O-])c2)n1. The van der Waals surface area contributed by atoms with E-state index in [0.29, 0.717) is 28.0 Å². The van der Waals surface area contributed by atoms with Crippen LogP contribution in [0.15, 0.2) is 63.8 Å². The highest BCUT2D eigenvalue weighted by Gasteiger charge is 2.44. The first-order valence-corrected chi connectivity index (χ1v) is 10.4. The summed E-state index contributed by atoms with van der Waals surface area (Å²) in [4.78, 5) is 44.0. The van der Waals surface area contributed by atoms with Gasteiger partial charge in [-0.1, -0.05) is 18.2 Å². The highest BCUT2D eigenvalue weighted by molar-refractivity contribution is 6.10. The van der Waals surface area contributed by atoms with Crippen molar-refractivity contribution < 1.29 is 14.1 Å². The maximum absolute atomic E-state index is 13.7. The van der Waals surface area contributed by atoms with E-state index in [1.54, 1.807) is 43.3 Å². The fourth-order valence-corrected chi connectivity index (χ4v) is 4.25. The van der Waals surface area contributed by atoms with Crippen molar-refractivity contribution in [3.05, 3.63) is 109 Å². The molecule has 2 aromatic carbocycles. The highest BCUT2D eigenvalue weighted by atomic mass is 16.6. The lowest BCUT2D eigenvalue weighted by Crippen LogP contribution is -2.30. The van der Waals surface area contributed by atoms with Gasteiger partial charge >= 0.3 is 0 Å². The summed E-state index contributed by atoms with van der Waals surface area (Å²) in [5.41, 5.74) is 2.97. The van der Waals surface area contributed by atoms with Crippen LogP contribution >= 0.6 is 0 Å². The fraction of sp³-hybridized carbons (Fsp3) is 0.160. The van der Waals surface area contributed by atoms with E-state index in [9.17, 15) is 19.7 Å². The quantitative estimate of drug-likeness (QED) is 0.335. The van der Waals surface area contributed by atoms with Crippen molar-refractivity contribution in [2.24, 2.45) is 0 Å². The number of carbonyl (C=O) groups excluding carboxylic acids is 1. The molecule has 1 unspecified atom stereocenters. The molecule has 2 aromatic heterocycles. The molecule has 1 atom stereocenters. The van der Waals surface area contributed by atoms with Crippen molar-refractivity contribution in [3.8, 4) is 0 Å². The first-order chi connectivity index (χ1) is 15.8. The average Bonchev–Trinajstić information content (AvgIpc) is 3.08. The van der Waals surface area contributed by atoms with Crippen LogP contribution in [0.2, 0.25) is 0 Å². The standard InChI is InChI=1S/C25H19N3O5/c1-13-10-18-19(11-14(13)2)33-24-21(23(18)29)22(16-7-5-8-17(12-16)28(31)32)27(25(24)30)20-9-4-6-15(3)26-20/h4-12,22H,1-3H3. The number of nitro groups is 1. The minimum absolute atomic E-state index is 0.0736. The molecule has 164 valence electrons. The maximum atomic E-state index is 13.7. The molecule has 8 nitrogen and oxygen atoms in total. The Morgan fingerprint density at radius 1 is 1.00 bits per heavy atom. The van der Waals surface area contributed by atoms with Crippen molar-refractivity contribution in [1.82, 2.24) is 4.98 Å². The normalized spacial score (nSPS) is 15.2. The molecule has 0 N–H and O–H groups in total. The third-order valence-corrected chi connectivity index (χ3v) is 6.00. The first kappa shape index (κ1) is 20.6. The second-order valence-electron chi connectivity index (χ2n) is 8.17. The van der Waals surface area contributed by atoms with Gasteiger partial charge < -0.3 is 4.42 Å². The predicted molar refractivity (Wildman–Crippen MR) is 123 cm³/mol. The summed E-state index contributed by atoms with van der Waals surface area (Å²) in [5, 5.41) is 11.8. The number of hydrogen-bond acceptors (Lipinski definition) is 6. The van der Waals surface area contributed by atoms with Crippen molar-refractivity contribution in [3.63, 3.8) is 0 Å². The second-order valence-corrected chi connectivity index (χ2v) is 8.17. The van der Waals surface area contributed by atoms with E-state index in [4.69, 9.17) is 4.42 Å². The van der Waals surface area contributed by atoms with E-state index in [2.05, 4.69) is 4.98 Å². The number of nitrogens with zero attached hydrogens (tertiary/aromatic N) is 3. The summed E-state index contributed by atoms with van der Waals surface area (Å²) in [6.07, 6.45) is 0. The number of pyridine rings is 1. The van der Waals surface area contributed by atoms with Crippen LogP contribution in [0.3, 0.4) is 0 Å². The molecular weight excluding hydrogens is 422 g/mol. The van der Waals surface area contributed by atoms with Gasteiger partial charge in [0, 0.05) is 17.8 Å². The summed E-state index contributed by atoms with van der Waals surface area (Å²) < 4.78 is 5.99. The molecule has 0 saturated carbocycles. The van der Waals surface area contributed by atoms with Crippen molar-refractivity contribution >= 4 is 28.4 Å². The highest BCUT2D eigenvalue weighted by Crippen LogP contribution is 2.41. The number of aromatic nitrogens is 1. The average molecular weight is 441 g/mol. The Labute approximate surface area is 188 Å². The number of aryl methyl sites for hydroxylation is 3. The topological polar surface area (TPSA) is 107 Å². The van der Waals surface area contributed by atoms with E-state index in [0.717, 1.165) is 11.1 Å². The Balaban J connectivity index is 1.84. The number of anilines is 1. The van der Waals surface area contributed by atoms with Crippen molar-refractivity contribution in [1.29, 1.82) is 0 Å². The number of benzene rings is 2. The number of hydrogen-bond donors (Lipinski definition) is 0. The van der Waals surface area contributed by atoms with Crippen LogP contribution in [0.4, 0.5) is 11.5 Å². The molecule has 3 heterocycles. The van der Waals surface area contributed by atoms with Crippen LogP contribution in [0.5, 0.6) is 0 Å². The van der Waals surface area contributed by atoms with Gasteiger partial charge in [0.1, 0.15) is 11.4 Å². The van der Waals surface area contributed by atoms with Gasteiger partial charge in [0.05, 0.1) is 21.9 Å². The Morgan fingerprint density at radius 2 is 1.73 bits per heavy atom. The first-order valence-electron chi connectivity index (χ1n) is 10.4. The molecule has 4 aromatic rings. The molecule has 1 amide bonds. The monoisotopic (exact) mass is 441 g/mol. The number of non-ortho nitro benzene ring substituents is 1. The molecule has 0 fully saturated rings. The molecule has 0 spiro atoms. The zero-order valence-corrected chi connectivity index (χ0v) is 18.2. The molecule has 8 heteroatoms. The molecule has 0 saturated heterocycles. The molecule has 0 bridgehead atoms. The summed E-state index contributed by atoms with van der Waals surface area (Å²) in [7, 11) is 0. The molecule has 1 aliphatic rings. The van der Waals surface area contributed by atoms with E-state index in [-0.39, 0.29) is 22.4 Å². The van der Waals surface area contributed by atoms with Gasteiger partial charge in [-0.25, -0.2) is 4.98 Å². The Bertz CT molecular complexity index is 1540. The number of rotatable bonds is 3. The van der Waals surface area contributed by atoms with E-state index in [1.165, 1.54) is 23.1 Å². The third kappa shape index (κ3) is 3.18. The minimum Gasteiger partial charge on any atom is -0.450 e. The largest absolute Gasteiger partial charge is 0.450 e. The molecular formula is C25H19N3O5. The van der Waals surface area contributed by atoms with Crippen LogP contribution in [-0.4, -0.2) is 15.8 Å². The maximum Gasteiger partial charge on any atom is 0.296 e. The second kappa shape index (κ2) is 7.37. The Kier molecular flexibility index (Phi) is 4.59. The lowest BCUT2D eigenvalue weighted by Gasteiger charge is -2.24. The van der Waals surface area contributed by atoms with Crippen molar-refractivity contribution in [2.75, 3.05) is 4.90 Å². The fourth-order valence-electron chi connectivity index (χ4n) is 4.25. The lowest BCUT2D eigenvalue weighted by molar-refractivity contribution is -0.384. The number of amides is 1. The molecule has 0 radical (unpaired) electrons. The minimum atomic E-state index is -0.913. The smallest absolute Gasteiger partial charge is 0.296 e. The zero-order valence-electron chi connectivity index (χ0n) is 18.2. The molecule has 1 aliphatic heterocycles. The summed E-state index contributed by atoms with van der Waals surface area (Å²) >= 11 is 0. The molecule has 5 rings (SSSR count). The van der Waals surface area contributed by atoms with E-state index in [1.807, 2.05) is 13.8 Å². The van der Waals surface area contributed by atoms with Gasteiger partial charge in [-0.15, -0.1) is 0 Å². The Morgan fingerprint density at radius 3 is 2.45 bits per heavy atom. The number of carbonyl (C=O) groups is 1. The Hall–Kier alpha value is -4.33. The van der Waals surface area contributed by atoms with Crippen LogP contribution in [0.1, 0.15) is 44.5 Å². The molecule has 0 aliphatic carbocycles.